The standard InChI is InChI=1S/C21H22N2O3/c1-3-13-22-21(25)18-10-4-5-11-19(18)23-20(24)12-7-14-26-17-9-6-8-16(2)15-17/h1,4-6,8-11,15H,7,12-14H2,2H3,(H,22,25)(H,23,24). The predicted molar refractivity (Wildman–Crippen MR) is 102 cm³/mol. The molecule has 0 heterocycles. The zero-order valence-electron chi connectivity index (χ0n) is 14.7. The van der Waals surface area contributed by atoms with E-state index in [-0.39, 0.29) is 18.4 Å². The molecule has 2 N–H and O–H groups in total. The van der Waals surface area contributed by atoms with E-state index in [9.17, 15) is 9.59 Å². The van der Waals surface area contributed by atoms with E-state index >= 15 is 0 Å². The number of hydrogen-bond donors (Lipinski definition) is 2. The molecule has 5 nitrogen and oxygen atoms in total. The Morgan fingerprint density at radius 1 is 1.15 bits per heavy atom. The quantitative estimate of drug-likeness (QED) is 0.568. The third-order valence-electron chi connectivity index (χ3n) is 3.60. The molecule has 5 heteroatoms. The van der Waals surface area contributed by atoms with E-state index in [1.54, 1.807) is 24.3 Å². The first-order valence-electron chi connectivity index (χ1n) is 8.40. The highest BCUT2D eigenvalue weighted by atomic mass is 16.5. The molecular formula is C21H22N2O3. The van der Waals surface area contributed by atoms with Crippen LogP contribution in [0.25, 0.3) is 0 Å². The molecule has 0 radical (unpaired) electrons. The Morgan fingerprint density at radius 3 is 2.73 bits per heavy atom. The molecule has 0 aliphatic heterocycles. The molecule has 0 bridgehead atoms. The number of rotatable bonds is 8. The number of benzene rings is 2. The van der Waals surface area contributed by atoms with Crippen molar-refractivity contribution in [1.82, 2.24) is 5.32 Å². The largest absolute Gasteiger partial charge is 0.494 e. The fourth-order valence-electron chi connectivity index (χ4n) is 2.36. The van der Waals surface area contributed by atoms with E-state index in [1.807, 2.05) is 31.2 Å². The van der Waals surface area contributed by atoms with Gasteiger partial charge in [-0.2, -0.15) is 0 Å². The van der Waals surface area contributed by atoms with Crippen LogP contribution in [0.3, 0.4) is 0 Å². The molecule has 0 aromatic heterocycles. The van der Waals surface area contributed by atoms with Crippen LogP contribution in [-0.2, 0) is 4.79 Å². The van der Waals surface area contributed by atoms with Crippen molar-refractivity contribution in [3.05, 3.63) is 59.7 Å². The number of carbonyl (C=O) groups is 2. The Kier molecular flexibility index (Phi) is 7.26. The lowest BCUT2D eigenvalue weighted by molar-refractivity contribution is -0.116. The number of para-hydroxylation sites is 1. The van der Waals surface area contributed by atoms with E-state index < -0.39 is 0 Å². The maximum atomic E-state index is 12.1. The summed E-state index contributed by atoms with van der Waals surface area (Å²) in [5.74, 6) is 2.65. The van der Waals surface area contributed by atoms with Gasteiger partial charge in [0, 0.05) is 6.42 Å². The van der Waals surface area contributed by atoms with Crippen molar-refractivity contribution in [2.75, 3.05) is 18.5 Å². The van der Waals surface area contributed by atoms with Crippen LogP contribution in [-0.4, -0.2) is 25.0 Å². The Balaban J connectivity index is 1.82. The average Bonchev–Trinajstić information content (AvgIpc) is 2.64. The number of ether oxygens (including phenoxy) is 1. The van der Waals surface area contributed by atoms with Crippen molar-refractivity contribution in [2.24, 2.45) is 0 Å². The monoisotopic (exact) mass is 350 g/mol. The van der Waals surface area contributed by atoms with Gasteiger partial charge in [-0.25, -0.2) is 0 Å². The number of terminal acetylenes is 1. The van der Waals surface area contributed by atoms with Gasteiger partial charge in [0.05, 0.1) is 24.4 Å². The van der Waals surface area contributed by atoms with Crippen molar-refractivity contribution >= 4 is 17.5 Å². The van der Waals surface area contributed by atoms with E-state index in [1.165, 1.54) is 0 Å². The van der Waals surface area contributed by atoms with E-state index in [4.69, 9.17) is 11.2 Å². The highest BCUT2D eigenvalue weighted by Gasteiger charge is 2.12. The van der Waals surface area contributed by atoms with Gasteiger partial charge in [-0.1, -0.05) is 30.2 Å². The summed E-state index contributed by atoms with van der Waals surface area (Å²) in [5, 5.41) is 5.36. The summed E-state index contributed by atoms with van der Waals surface area (Å²) < 4.78 is 5.63. The number of anilines is 1. The molecule has 0 unspecified atom stereocenters. The molecule has 2 rings (SSSR count). The van der Waals surface area contributed by atoms with Gasteiger partial charge in [-0.05, 0) is 43.2 Å². The Labute approximate surface area is 153 Å². The van der Waals surface area contributed by atoms with Crippen molar-refractivity contribution in [3.8, 4) is 18.1 Å². The van der Waals surface area contributed by atoms with Crippen LogP contribution in [0.1, 0.15) is 28.8 Å². The fraction of sp³-hybridized carbons (Fsp3) is 0.238. The Hall–Kier alpha value is -3.26. The van der Waals surface area contributed by atoms with E-state index in [0.717, 1.165) is 11.3 Å². The van der Waals surface area contributed by atoms with Gasteiger partial charge in [-0.3, -0.25) is 9.59 Å². The number of aryl methyl sites for hydroxylation is 1. The van der Waals surface area contributed by atoms with Crippen molar-refractivity contribution in [2.45, 2.75) is 19.8 Å². The summed E-state index contributed by atoms with van der Waals surface area (Å²) in [7, 11) is 0. The number of carbonyl (C=O) groups excluding carboxylic acids is 2. The van der Waals surface area contributed by atoms with Crippen molar-refractivity contribution in [3.63, 3.8) is 0 Å². The molecule has 0 aliphatic rings. The summed E-state index contributed by atoms with van der Waals surface area (Å²) in [6, 6.07) is 14.6. The molecule has 0 spiro atoms. The second-order valence-corrected chi connectivity index (χ2v) is 5.75. The number of hydrogen-bond acceptors (Lipinski definition) is 3. The summed E-state index contributed by atoms with van der Waals surface area (Å²) in [5.41, 5.74) is 1.97. The lowest BCUT2D eigenvalue weighted by Crippen LogP contribution is -2.25. The molecule has 134 valence electrons. The van der Waals surface area contributed by atoms with Gasteiger partial charge < -0.3 is 15.4 Å². The molecule has 2 aromatic rings. The van der Waals surface area contributed by atoms with Crippen molar-refractivity contribution < 1.29 is 14.3 Å². The summed E-state index contributed by atoms with van der Waals surface area (Å²) in [6.45, 7) is 2.58. The molecule has 0 atom stereocenters. The van der Waals surface area contributed by atoms with E-state index in [2.05, 4.69) is 16.6 Å². The van der Waals surface area contributed by atoms with Gasteiger partial charge >= 0.3 is 0 Å². The van der Waals surface area contributed by atoms with Crippen LogP contribution in [0.15, 0.2) is 48.5 Å². The van der Waals surface area contributed by atoms with Crippen LogP contribution in [0.2, 0.25) is 0 Å². The molecule has 2 aromatic carbocycles. The van der Waals surface area contributed by atoms with Crippen LogP contribution < -0.4 is 15.4 Å². The maximum absolute atomic E-state index is 12.1. The first-order chi connectivity index (χ1) is 12.6. The summed E-state index contributed by atoms with van der Waals surface area (Å²) in [6.07, 6.45) is 6.02. The van der Waals surface area contributed by atoms with Gasteiger partial charge in [0.1, 0.15) is 5.75 Å². The first-order valence-corrected chi connectivity index (χ1v) is 8.40. The summed E-state index contributed by atoms with van der Waals surface area (Å²) in [4.78, 5) is 24.2. The minimum Gasteiger partial charge on any atom is -0.494 e. The van der Waals surface area contributed by atoms with E-state index in [0.29, 0.717) is 30.7 Å². The minimum atomic E-state index is -0.318. The lowest BCUT2D eigenvalue weighted by atomic mass is 10.1. The maximum Gasteiger partial charge on any atom is 0.254 e. The second-order valence-electron chi connectivity index (χ2n) is 5.75. The van der Waals surface area contributed by atoms with Crippen molar-refractivity contribution in [1.29, 1.82) is 0 Å². The molecule has 0 saturated heterocycles. The third kappa shape index (κ3) is 5.99. The zero-order valence-corrected chi connectivity index (χ0v) is 14.7. The number of nitrogens with one attached hydrogen (secondary N) is 2. The smallest absolute Gasteiger partial charge is 0.254 e. The minimum absolute atomic E-state index is 0.136. The second kappa shape index (κ2) is 9.90. The molecule has 2 amide bonds. The molecule has 0 aliphatic carbocycles. The fourth-order valence-corrected chi connectivity index (χ4v) is 2.36. The Bertz CT molecular complexity index is 809. The SMILES string of the molecule is C#CCNC(=O)c1ccccc1NC(=O)CCCOc1cccc(C)c1. The molecule has 0 saturated carbocycles. The van der Waals surface area contributed by atoms with Gasteiger partial charge in [0.15, 0.2) is 0 Å². The van der Waals surface area contributed by atoms with Crippen LogP contribution in [0.4, 0.5) is 5.69 Å². The van der Waals surface area contributed by atoms with Crippen LogP contribution >= 0.6 is 0 Å². The molecule has 26 heavy (non-hydrogen) atoms. The highest BCUT2D eigenvalue weighted by Crippen LogP contribution is 2.16. The van der Waals surface area contributed by atoms with Gasteiger partial charge in [0.2, 0.25) is 5.91 Å². The normalized spacial score (nSPS) is 9.85. The van der Waals surface area contributed by atoms with Crippen LogP contribution in [0, 0.1) is 19.3 Å². The van der Waals surface area contributed by atoms with Gasteiger partial charge in [0.25, 0.3) is 5.91 Å². The number of amides is 2. The average molecular weight is 350 g/mol. The first kappa shape index (κ1) is 19.1. The molecular weight excluding hydrogens is 328 g/mol. The Morgan fingerprint density at radius 2 is 1.96 bits per heavy atom. The third-order valence-corrected chi connectivity index (χ3v) is 3.60. The predicted octanol–water partition coefficient (Wildman–Crippen LogP) is 3.16. The zero-order chi connectivity index (χ0) is 18.8. The molecule has 0 fully saturated rings. The van der Waals surface area contributed by atoms with Crippen LogP contribution in [0.5, 0.6) is 5.75 Å². The highest BCUT2D eigenvalue weighted by molar-refractivity contribution is 6.03. The topological polar surface area (TPSA) is 67.4 Å². The lowest BCUT2D eigenvalue weighted by Gasteiger charge is -2.11. The summed E-state index contributed by atoms with van der Waals surface area (Å²) >= 11 is 0. The van der Waals surface area contributed by atoms with Gasteiger partial charge in [-0.15, -0.1) is 6.42 Å².